The summed E-state index contributed by atoms with van der Waals surface area (Å²) in [5, 5.41) is 3.09. The molecule has 0 aliphatic carbocycles. The van der Waals surface area contributed by atoms with Gasteiger partial charge in [0.15, 0.2) is 11.5 Å². The number of amides is 1. The standard InChI is InChI=1S/C13H18ClNO3/c1-4-15-13(16)9-7-10(14)12(18-6-3)11(8-9)17-5-2/h7-8H,4-6H2,1-3H3,(H,15,16). The van der Waals surface area contributed by atoms with Crippen LogP contribution in [0.4, 0.5) is 0 Å². The van der Waals surface area contributed by atoms with Crippen LogP contribution < -0.4 is 14.8 Å². The zero-order chi connectivity index (χ0) is 13.5. The number of hydrogen-bond acceptors (Lipinski definition) is 3. The topological polar surface area (TPSA) is 47.6 Å². The summed E-state index contributed by atoms with van der Waals surface area (Å²) in [5.74, 6) is 0.797. The molecule has 1 aromatic rings. The van der Waals surface area contributed by atoms with E-state index in [2.05, 4.69) is 5.32 Å². The second-order valence-corrected chi connectivity index (χ2v) is 3.92. The van der Waals surface area contributed by atoms with E-state index >= 15 is 0 Å². The number of nitrogens with one attached hydrogen (secondary N) is 1. The predicted molar refractivity (Wildman–Crippen MR) is 71.8 cm³/mol. The second kappa shape index (κ2) is 7.11. The first-order valence-electron chi connectivity index (χ1n) is 6.01. The average Bonchev–Trinajstić information content (AvgIpc) is 2.33. The molecule has 0 bridgehead atoms. The molecule has 1 N–H and O–H groups in total. The van der Waals surface area contributed by atoms with Crippen molar-refractivity contribution < 1.29 is 14.3 Å². The molecule has 0 aliphatic heterocycles. The van der Waals surface area contributed by atoms with Crippen molar-refractivity contribution in [3.05, 3.63) is 22.7 Å². The Kier molecular flexibility index (Phi) is 5.78. The SMILES string of the molecule is CCNC(=O)c1cc(Cl)c(OCC)c(OCC)c1. The van der Waals surface area contributed by atoms with Gasteiger partial charge in [0.05, 0.1) is 18.2 Å². The molecule has 0 atom stereocenters. The van der Waals surface area contributed by atoms with E-state index in [4.69, 9.17) is 21.1 Å². The molecule has 0 fully saturated rings. The van der Waals surface area contributed by atoms with Crippen molar-refractivity contribution in [2.24, 2.45) is 0 Å². The Labute approximate surface area is 112 Å². The summed E-state index contributed by atoms with van der Waals surface area (Å²) in [6.45, 7) is 7.12. The van der Waals surface area contributed by atoms with E-state index in [0.717, 1.165) is 0 Å². The maximum Gasteiger partial charge on any atom is 0.251 e. The van der Waals surface area contributed by atoms with Gasteiger partial charge in [-0.25, -0.2) is 0 Å². The van der Waals surface area contributed by atoms with E-state index in [0.29, 0.717) is 41.8 Å². The molecule has 1 amide bonds. The number of ether oxygens (including phenoxy) is 2. The summed E-state index contributed by atoms with van der Waals surface area (Å²) >= 11 is 6.11. The van der Waals surface area contributed by atoms with Gasteiger partial charge in [0.25, 0.3) is 5.91 Å². The number of carbonyl (C=O) groups is 1. The van der Waals surface area contributed by atoms with Gasteiger partial charge in [0.1, 0.15) is 0 Å². The minimum absolute atomic E-state index is 0.177. The lowest BCUT2D eigenvalue weighted by molar-refractivity contribution is 0.0955. The van der Waals surface area contributed by atoms with Gasteiger partial charge < -0.3 is 14.8 Å². The molecule has 0 saturated carbocycles. The van der Waals surface area contributed by atoms with Crippen LogP contribution in [0.25, 0.3) is 0 Å². The first-order chi connectivity index (χ1) is 8.63. The highest BCUT2D eigenvalue weighted by molar-refractivity contribution is 6.32. The van der Waals surface area contributed by atoms with Crippen LogP contribution in [0.1, 0.15) is 31.1 Å². The maximum absolute atomic E-state index is 11.8. The summed E-state index contributed by atoms with van der Waals surface area (Å²) in [5.41, 5.74) is 0.466. The van der Waals surface area contributed by atoms with E-state index in [9.17, 15) is 4.79 Å². The number of halogens is 1. The molecule has 18 heavy (non-hydrogen) atoms. The Morgan fingerprint density at radius 2 is 1.89 bits per heavy atom. The molecule has 0 aliphatic rings. The Bertz CT molecular complexity index is 421. The van der Waals surface area contributed by atoms with Crippen molar-refractivity contribution in [2.45, 2.75) is 20.8 Å². The van der Waals surface area contributed by atoms with Crippen LogP contribution in [0.2, 0.25) is 5.02 Å². The van der Waals surface area contributed by atoms with Crippen LogP contribution >= 0.6 is 11.6 Å². The Hall–Kier alpha value is -1.42. The smallest absolute Gasteiger partial charge is 0.251 e. The lowest BCUT2D eigenvalue weighted by Crippen LogP contribution is -2.22. The number of rotatable bonds is 6. The fourth-order valence-corrected chi connectivity index (χ4v) is 1.77. The first-order valence-corrected chi connectivity index (χ1v) is 6.39. The minimum atomic E-state index is -0.177. The lowest BCUT2D eigenvalue weighted by atomic mass is 10.2. The van der Waals surface area contributed by atoms with Crippen LogP contribution in [0.3, 0.4) is 0 Å². The first kappa shape index (κ1) is 14.6. The Morgan fingerprint density at radius 1 is 1.22 bits per heavy atom. The summed E-state index contributed by atoms with van der Waals surface area (Å²) in [4.78, 5) is 11.8. The number of benzene rings is 1. The summed E-state index contributed by atoms with van der Waals surface area (Å²) in [6.07, 6.45) is 0. The van der Waals surface area contributed by atoms with Crippen LogP contribution in [0.5, 0.6) is 11.5 Å². The van der Waals surface area contributed by atoms with Gasteiger partial charge in [-0.3, -0.25) is 4.79 Å². The molecule has 0 aromatic heterocycles. The third-order valence-electron chi connectivity index (χ3n) is 2.20. The molecule has 1 aromatic carbocycles. The third-order valence-corrected chi connectivity index (χ3v) is 2.48. The van der Waals surface area contributed by atoms with Crippen molar-refractivity contribution in [1.82, 2.24) is 5.32 Å². The molecular weight excluding hydrogens is 254 g/mol. The molecular formula is C13H18ClNO3. The molecule has 0 saturated heterocycles. The zero-order valence-corrected chi connectivity index (χ0v) is 11.6. The number of hydrogen-bond donors (Lipinski definition) is 1. The van der Waals surface area contributed by atoms with Gasteiger partial charge in [0, 0.05) is 12.1 Å². The summed E-state index contributed by atoms with van der Waals surface area (Å²) in [6, 6.07) is 3.23. The van der Waals surface area contributed by atoms with Gasteiger partial charge >= 0.3 is 0 Å². The molecule has 0 radical (unpaired) electrons. The highest BCUT2D eigenvalue weighted by Crippen LogP contribution is 2.36. The van der Waals surface area contributed by atoms with Crippen molar-refractivity contribution in [3.8, 4) is 11.5 Å². The van der Waals surface area contributed by atoms with Crippen LogP contribution in [-0.2, 0) is 0 Å². The van der Waals surface area contributed by atoms with Gasteiger partial charge in [-0.05, 0) is 32.9 Å². The molecule has 5 heteroatoms. The van der Waals surface area contributed by atoms with Crippen LogP contribution in [0.15, 0.2) is 12.1 Å². The monoisotopic (exact) mass is 271 g/mol. The fraction of sp³-hybridized carbons (Fsp3) is 0.462. The predicted octanol–water partition coefficient (Wildman–Crippen LogP) is 2.89. The Morgan fingerprint density at radius 3 is 2.44 bits per heavy atom. The zero-order valence-electron chi connectivity index (χ0n) is 10.9. The highest BCUT2D eigenvalue weighted by atomic mass is 35.5. The van der Waals surface area contributed by atoms with E-state index in [1.807, 2.05) is 20.8 Å². The number of carbonyl (C=O) groups excluding carboxylic acids is 1. The second-order valence-electron chi connectivity index (χ2n) is 3.51. The maximum atomic E-state index is 11.8. The minimum Gasteiger partial charge on any atom is -0.490 e. The normalized spacial score (nSPS) is 10.0. The van der Waals surface area contributed by atoms with Gasteiger partial charge in [-0.2, -0.15) is 0 Å². The largest absolute Gasteiger partial charge is 0.490 e. The molecule has 0 spiro atoms. The van der Waals surface area contributed by atoms with Gasteiger partial charge in [-0.1, -0.05) is 11.6 Å². The fourth-order valence-electron chi connectivity index (χ4n) is 1.51. The van der Waals surface area contributed by atoms with E-state index in [1.165, 1.54) is 0 Å². The molecule has 0 heterocycles. The van der Waals surface area contributed by atoms with Crippen molar-refractivity contribution in [1.29, 1.82) is 0 Å². The summed E-state index contributed by atoms with van der Waals surface area (Å²) < 4.78 is 10.9. The lowest BCUT2D eigenvalue weighted by Gasteiger charge is -2.14. The van der Waals surface area contributed by atoms with Crippen LogP contribution in [-0.4, -0.2) is 25.7 Å². The van der Waals surface area contributed by atoms with Crippen molar-refractivity contribution in [2.75, 3.05) is 19.8 Å². The molecule has 0 unspecified atom stereocenters. The molecule has 4 nitrogen and oxygen atoms in total. The van der Waals surface area contributed by atoms with Gasteiger partial charge in [-0.15, -0.1) is 0 Å². The molecule has 100 valence electrons. The van der Waals surface area contributed by atoms with Crippen molar-refractivity contribution in [3.63, 3.8) is 0 Å². The van der Waals surface area contributed by atoms with E-state index in [1.54, 1.807) is 12.1 Å². The quantitative estimate of drug-likeness (QED) is 0.865. The Balaban J connectivity index is 3.13. The average molecular weight is 272 g/mol. The van der Waals surface area contributed by atoms with E-state index in [-0.39, 0.29) is 5.91 Å². The summed E-state index contributed by atoms with van der Waals surface area (Å²) in [7, 11) is 0. The van der Waals surface area contributed by atoms with Gasteiger partial charge in [0.2, 0.25) is 0 Å². The third kappa shape index (κ3) is 3.53. The van der Waals surface area contributed by atoms with E-state index < -0.39 is 0 Å². The highest BCUT2D eigenvalue weighted by Gasteiger charge is 2.15. The van der Waals surface area contributed by atoms with Crippen molar-refractivity contribution >= 4 is 17.5 Å². The molecule has 1 rings (SSSR count). The van der Waals surface area contributed by atoms with Crippen LogP contribution in [0, 0.1) is 0 Å².